The van der Waals surface area contributed by atoms with Crippen molar-refractivity contribution >= 4 is 33.8 Å². The van der Waals surface area contributed by atoms with E-state index in [1.54, 1.807) is 0 Å². The van der Waals surface area contributed by atoms with Crippen LogP contribution in [0.15, 0.2) is 6.20 Å². The molecule has 0 aromatic carbocycles. The number of carbonyl (C=O) groups excluding carboxylic acids is 2. The summed E-state index contributed by atoms with van der Waals surface area (Å²) in [7, 11) is 0. The Balaban J connectivity index is 2.87. The van der Waals surface area contributed by atoms with Crippen LogP contribution in [0.1, 0.15) is 0 Å². The molecule has 0 aliphatic heterocycles. The molecule has 0 aliphatic carbocycles. The number of anilines is 1. The molecule has 1 rings (SSSR count). The van der Waals surface area contributed by atoms with Crippen LogP contribution < -0.4 is 10.6 Å². The summed E-state index contributed by atoms with van der Waals surface area (Å²) < 4.78 is 0. The number of amides is 2. The minimum Gasteiger partial charge on any atom is -0.368 e. The van der Waals surface area contributed by atoms with E-state index in [2.05, 4.69) is 4.98 Å². The molecule has 80 valence electrons. The van der Waals surface area contributed by atoms with Gasteiger partial charge in [-0.3, -0.25) is 24.6 Å². The summed E-state index contributed by atoms with van der Waals surface area (Å²) in [6, 6.07) is 0. The minimum atomic E-state index is -0.722. The van der Waals surface area contributed by atoms with Crippen molar-refractivity contribution in [1.82, 2.24) is 4.98 Å². The van der Waals surface area contributed by atoms with Crippen molar-refractivity contribution < 1.29 is 14.5 Å². The van der Waals surface area contributed by atoms with Crippen LogP contribution in [0.2, 0.25) is 0 Å². The van der Waals surface area contributed by atoms with Crippen molar-refractivity contribution in [2.75, 3.05) is 11.4 Å². The molecule has 1 aromatic heterocycles. The first kappa shape index (κ1) is 11.0. The van der Waals surface area contributed by atoms with Gasteiger partial charge >= 0.3 is 5.00 Å². The zero-order valence-corrected chi connectivity index (χ0v) is 8.14. The van der Waals surface area contributed by atoms with Crippen molar-refractivity contribution in [3.63, 3.8) is 0 Å². The van der Waals surface area contributed by atoms with Crippen LogP contribution in [0, 0.1) is 10.1 Å². The van der Waals surface area contributed by atoms with Gasteiger partial charge in [0.25, 0.3) is 0 Å². The molecule has 8 nitrogen and oxygen atoms in total. The Labute approximate surface area is 87.5 Å². The molecule has 0 radical (unpaired) electrons. The summed E-state index contributed by atoms with van der Waals surface area (Å²) in [5.74, 6) is -0.722. The molecule has 1 heterocycles. The van der Waals surface area contributed by atoms with Crippen LogP contribution in [0.25, 0.3) is 0 Å². The lowest BCUT2D eigenvalue weighted by Gasteiger charge is -2.09. The Morgan fingerprint density at radius 1 is 1.80 bits per heavy atom. The van der Waals surface area contributed by atoms with Gasteiger partial charge in [0.05, 0.1) is 4.92 Å². The van der Waals surface area contributed by atoms with Crippen LogP contribution in [-0.4, -0.2) is 28.8 Å². The lowest BCUT2D eigenvalue weighted by Crippen LogP contribution is -2.32. The first-order valence-electron chi connectivity index (χ1n) is 3.65. The van der Waals surface area contributed by atoms with E-state index >= 15 is 0 Å². The van der Waals surface area contributed by atoms with Crippen LogP contribution in [0.4, 0.5) is 10.1 Å². The van der Waals surface area contributed by atoms with E-state index in [0.717, 1.165) is 11.1 Å². The molecule has 0 spiro atoms. The number of aromatic nitrogens is 1. The summed E-state index contributed by atoms with van der Waals surface area (Å²) in [6.07, 6.45) is 1.35. The Morgan fingerprint density at radius 3 is 2.87 bits per heavy atom. The molecule has 0 bridgehead atoms. The molecule has 1 aromatic rings. The third-order valence-electron chi connectivity index (χ3n) is 1.36. The fourth-order valence-electron chi connectivity index (χ4n) is 0.792. The monoisotopic (exact) mass is 230 g/mol. The average Bonchev–Trinajstić information content (AvgIpc) is 2.62. The molecule has 2 N–H and O–H groups in total. The Morgan fingerprint density at radius 2 is 2.47 bits per heavy atom. The van der Waals surface area contributed by atoms with Gasteiger partial charge in [-0.05, 0) is 11.3 Å². The maximum Gasteiger partial charge on any atom is 0.345 e. The number of rotatable bonds is 5. The van der Waals surface area contributed by atoms with Crippen LogP contribution in [-0.2, 0) is 9.59 Å². The van der Waals surface area contributed by atoms with Gasteiger partial charge in [-0.2, -0.15) is 0 Å². The second-order valence-electron chi connectivity index (χ2n) is 2.44. The number of hydrogen-bond acceptors (Lipinski definition) is 6. The molecule has 15 heavy (non-hydrogen) atoms. The molecule has 9 heteroatoms. The summed E-state index contributed by atoms with van der Waals surface area (Å²) in [5.41, 5.74) is 4.88. The number of thiazole rings is 1. The second-order valence-corrected chi connectivity index (χ2v) is 3.43. The second kappa shape index (κ2) is 4.46. The maximum absolute atomic E-state index is 10.5. The highest BCUT2D eigenvalue weighted by atomic mass is 32.1. The SMILES string of the molecule is NC(=O)CN(C=O)c1ncc([N+](=O)[O-])s1. The molecular formula is C6H6N4O4S. The smallest absolute Gasteiger partial charge is 0.345 e. The van der Waals surface area contributed by atoms with Crippen molar-refractivity contribution in [3.8, 4) is 0 Å². The zero-order valence-electron chi connectivity index (χ0n) is 7.32. The van der Waals surface area contributed by atoms with E-state index in [-0.39, 0.29) is 16.7 Å². The lowest BCUT2D eigenvalue weighted by atomic mass is 10.6. The minimum absolute atomic E-state index is 0.0653. The molecular weight excluding hydrogens is 224 g/mol. The number of nitrogens with two attached hydrogens (primary N) is 1. The number of hydrogen-bond donors (Lipinski definition) is 1. The number of nitrogens with zero attached hydrogens (tertiary/aromatic N) is 3. The van der Waals surface area contributed by atoms with E-state index in [4.69, 9.17) is 5.73 Å². The van der Waals surface area contributed by atoms with Crippen LogP contribution in [0.3, 0.4) is 0 Å². The van der Waals surface area contributed by atoms with Gasteiger partial charge in [-0.15, -0.1) is 0 Å². The van der Waals surface area contributed by atoms with Gasteiger partial charge in [0.1, 0.15) is 12.7 Å². The fraction of sp³-hybridized carbons (Fsp3) is 0.167. The van der Waals surface area contributed by atoms with E-state index in [1.807, 2.05) is 0 Å². The normalized spacial score (nSPS) is 9.60. The zero-order chi connectivity index (χ0) is 11.4. The van der Waals surface area contributed by atoms with E-state index in [0.29, 0.717) is 17.7 Å². The highest BCUT2D eigenvalue weighted by Crippen LogP contribution is 2.27. The molecule has 0 fully saturated rings. The number of primary amides is 1. The van der Waals surface area contributed by atoms with Gasteiger partial charge in [0.2, 0.25) is 12.3 Å². The van der Waals surface area contributed by atoms with Crippen LogP contribution >= 0.6 is 11.3 Å². The summed E-state index contributed by atoms with van der Waals surface area (Å²) in [5, 5.41) is 10.2. The topological polar surface area (TPSA) is 119 Å². The predicted octanol–water partition coefficient (Wildman–Crippen LogP) is -0.501. The van der Waals surface area contributed by atoms with Crippen molar-refractivity contribution in [1.29, 1.82) is 0 Å². The molecule has 0 atom stereocenters. The Hall–Kier alpha value is -2.03. The van der Waals surface area contributed by atoms with Crippen molar-refractivity contribution in [3.05, 3.63) is 16.3 Å². The van der Waals surface area contributed by atoms with E-state index in [1.165, 1.54) is 0 Å². The number of nitro groups is 1. The van der Waals surface area contributed by atoms with E-state index in [9.17, 15) is 19.7 Å². The standard InChI is InChI=1S/C6H6N4O4S/c7-4(12)2-9(3-11)6-8-1-5(15-6)10(13)14/h1,3H,2H2,(H2,7,12). The van der Waals surface area contributed by atoms with Crippen molar-refractivity contribution in [2.24, 2.45) is 5.73 Å². The first-order valence-corrected chi connectivity index (χ1v) is 4.46. The van der Waals surface area contributed by atoms with Crippen LogP contribution in [0.5, 0.6) is 0 Å². The highest BCUT2D eigenvalue weighted by Gasteiger charge is 2.17. The Kier molecular flexibility index (Phi) is 3.29. The summed E-state index contributed by atoms with van der Waals surface area (Å²) in [4.78, 5) is 35.3. The van der Waals surface area contributed by atoms with Gasteiger partial charge in [0, 0.05) is 0 Å². The molecule has 0 saturated carbocycles. The molecule has 0 aliphatic rings. The average molecular weight is 230 g/mol. The Bertz CT molecular complexity index is 404. The van der Waals surface area contributed by atoms with Gasteiger partial charge in [-0.1, -0.05) is 0 Å². The largest absolute Gasteiger partial charge is 0.368 e. The predicted molar refractivity (Wildman–Crippen MR) is 51.4 cm³/mol. The van der Waals surface area contributed by atoms with Gasteiger partial charge in [0.15, 0.2) is 5.13 Å². The molecule has 0 saturated heterocycles. The van der Waals surface area contributed by atoms with Gasteiger partial charge in [-0.25, -0.2) is 4.98 Å². The lowest BCUT2D eigenvalue weighted by molar-refractivity contribution is -0.380. The van der Waals surface area contributed by atoms with Gasteiger partial charge < -0.3 is 5.73 Å². The molecule has 2 amide bonds. The number of carbonyl (C=O) groups is 2. The summed E-state index contributed by atoms with van der Waals surface area (Å²) in [6.45, 7) is -0.353. The fourth-order valence-corrected chi connectivity index (χ4v) is 1.49. The third kappa shape index (κ3) is 2.71. The first-order chi connectivity index (χ1) is 7.04. The van der Waals surface area contributed by atoms with E-state index < -0.39 is 10.8 Å². The summed E-state index contributed by atoms with van der Waals surface area (Å²) >= 11 is 0.692. The maximum atomic E-state index is 10.5. The quantitative estimate of drug-likeness (QED) is 0.415. The van der Waals surface area contributed by atoms with Crippen molar-refractivity contribution in [2.45, 2.75) is 0 Å². The molecule has 0 unspecified atom stereocenters. The third-order valence-corrected chi connectivity index (χ3v) is 2.35. The highest BCUT2D eigenvalue weighted by molar-refractivity contribution is 7.18.